The van der Waals surface area contributed by atoms with Crippen LogP contribution in [0.15, 0.2) is 58.0 Å². The van der Waals surface area contributed by atoms with Crippen LogP contribution in [-0.4, -0.2) is 31.7 Å². The third-order valence-corrected chi connectivity index (χ3v) is 6.01. The fourth-order valence-corrected chi connectivity index (χ4v) is 4.19. The minimum atomic E-state index is -4.46. The van der Waals surface area contributed by atoms with E-state index in [1.54, 1.807) is 31.2 Å². The molecule has 0 spiro atoms. The van der Waals surface area contributed by atoms with Gasteiger partial charge in [0.25, 0.3) is 5.91 Å². The Morgan fingerprint density at radius 2 is 1.86 bits per heavy atom. The molecule has 10 heteroatoms. The molecule has 0 fully saturated rings. The summed E-state index contributed by atoms with van der Waals surface area (Å²) in [6.07, 6.45) is -2.60. The second-order valence-corrected chi connectivity index (χ2v) is 8.33. The summed E-state index contributed by atoms with van der Waals surface area (Å²) in [6.45, 7) is 1.74. The summed E-state index contributed by atoms with van der Waals surface area (Å²) in [7, 11) is 2.80. The molecule has 36 heavy (non-hydrogen) atoms. The van der Waals surface area contributed by atoms with Gasteiger partial charge in [-0.1, -0.05) is 18.2 Å². The number of fused-ring (bicyclic) bond motifs is 1. The van der Waals surface area contributed by atoms with Crippen molar-refractivity contribution in [2.75, 3.05) is 24.5 Å². The van der Waals surface area contributed by atoms with Crippen LogP contribution in [0.5, 0.6) is 0 Å². The first-order chi connectivity index (χ1) is 17.1. The summed E-state index contributed by atoms with van der Waals surface area (Å²) in [5.41, 5.74) is 4.55. The second-order valence-electron chi connectivity index (χ2n) is 8.33. The number of aryl methyl sites for hydroxylation is 1. The summed E-state index contributed by atoms with van der Waals surface area (Å²) in [6, 6.07) is 11.3. The molecular weight excluding hydrogens is 475 g/mol. The summed E-state index contributed by atoms with van der Waals surface area (Å²) in [5, 5.41) is 4.36. The Labute approximate surface area is 205 Å². The number of halogens is 3. The summed E-state index contributed by atoms with van der Waals surface area (Å²) in [4.78, 5) is 26.9. The van der Waals surface area contributed by atoms with Crippen LogP contribution in [0.4, 0.5) is 24.5 Å². The molecule has 0 saturated heterocycles. The van der Waals surface area contributed by atoms with E-state index in [4.69, 9.17) is 9.15 Å². The lowest BCUT2D eigenvalue weighted by atomic mass is 9.93. The van der Waals surface area contributed by atoms with Crippen LogP contribution in [0.3, 0.4) is 0 Å². The maximum absolute atomic E-state index is 13.4. The van der Waals surface area contributed by atoms with Gasteiger partial charge in [-0.05, 0) is 50.1 Å². The third-order valence-electron chi connectivity index (χ3n) is 6.01. The first-order valence-corrected chi connectivity index (χ1v) is 11.2. The molecule has 0 unspecified atom stereocenters. The number of anilines is 2. The topological polar surface area (TPSA) is 84.1 Å². The highest BCUT2D eigenvalue weighted by Gasteiger charge is 2.32. The van der Waals surface area contributed by atoms with Crippen LogP contribution in [0.25, 0.3) is 0 Å². The van der Waals surface area contributed by atoms with E-state index in [0.717, 1.165) is 12.1 Å². The first kappa shape index (κ1) is 25.0. The number of carbonyl (C=O) groups is 2. The SMILES string of the molecule is COC(=O)c1ccccc1N(C)C(=O)c1oc2c(c1C)/C(=N/Nc1cccc(C(F)(F)F)c1)CCC2. The number of alkyl halides is 3. The Morgan fingerprint density at radius 1 is 1.11 bits per heavy atom. The molecule has 1 N–H and O–H groups in total. The number of hydrogen-bond acceptors (Lipinski definition) is 6. The van der Waals surface area contributed by atoms with Gasteiger partial charge in [-0.15, -0.1) is 0 Å². The zero-order chi connectivity index (χ0) is 26.0. The molecule has 1 aromatic heterocycles. The van der Waals surface area contributed by atoms with Crippen molar-refractivity contribution in [2.24, 2.45) is 5.10 Å². The molecule has 1 aliphatic rings. The number of esters is 1. The van der Waals surface area contributed by atoms with Crippen LogP contribution >= 0.6 is 0 Å². The van der Waals surface area contributed by atoms with E-state index >= 15 is 0 Å². The monoisotopic (exact) mass is 499 g/mol. The number of hydrogen-bond donors (Lipinski definition) is 1. The van der Waals surface area contributed by atoms with Gasteiger partial charge < -0.3 is 14.1 Å². The number of methoxy groups -OCH3 is 1. The number of furan rings is 1. The Hall–Kier alpha value is -4.08. The number of nitrogens with zero attached hydrogens (tertiary/aromatic N) is 2. The second kappa shape index (κ2) is 9.88. The van der Waals surface area contributed by atoms with Crippen molar-refractivity contribution in [2.45, 2.75) is 32.4 Å². The summed E-state index contributed by atoms with van der Waals surface area (Å²) >= 11 is 0. The molecule has 0 bridgehead atoms. The Bertz CT molecular complexity index is 1340. The smallest absolute Gasteiger partial charge is 0.416 e. The van der Waals surface area contributed by atoms with E-state index in [-0.39, 0.29) is 17.0 Å². The van der Waals surface area contributed by atoms with Crippen molar-refractivity contribution >= 4 is 29.0 Å². The Balaban J connectivity index is 1.64. The van der Waals surface area contributed by atoms with Gasteiger partial charge in [0.1, 0.15) is 5.76 Å². The molecule has 188 valence electrons. The molecule has 2 aromatic carbocycles. The van der Waals surface area contributed by atoms with Crippen molar-refractivity contribution < 1.29 is 31.9 Å². The van der Waals surface area contributed by atoms with Gasteiger partial charge in [-0.3, -0.25) is 10.2 Å². The Kier molecular flexibility index (Phi) is 6.87. The first-order valence-electron chi connectivity index (χ1n) is 11.2. The number of carbonyl (C=O) groups excluding carboxylic acids is 2. The van der Waals surface area contributed by atoms with Crippen molar-refractivity contribution in [3.05, 3.63) is 82.3 Å². The summed E-state index contributed by atoms with van der Waals surface area (Å²) in [5.74, 6) is -0.337. The quantitative estimate of drug-likeness (QED) is 0.353. The fraction of sp³-hybridized carbons (Fsp3) is 0.269. The van der Waals surface area contributed by atoms with Crippen molar-refractivity contribution in [3.63, 3.8) is 0 Å². The zero-order valence-electron chi connectivity index (χ0n) is 19.9. The summed E-state index contributed by atoms with van der Waals surface area (Å²) < 4.78 is 49.9. The van der Waals surface area contributed by atoms with E-state index < -0.39 is 23.6 Å². The van der Waals surface area contributed by atoms with Gasteiger partial charge in [-0.25, -0.2) is 4.79 Å². The van der Waals surface area contributed by atoms with Crippen LogP contribution < -0.4 is 10.3 Å². The van der Waals surface area contributed by atoms with Gasteiger partial charge in [-0.2, -0.15) is 18.3 Å². The minimum absolute atomic E-state index is 0.107. The van der Waals surface area contributed by atoms with Gasteiger partial charge >= 0.3 is 12.1 Å². The highest BCUT2D eigenvalue weighted by atomic mass is 19.4. The van der Waals surface area contributed by atoms with Gasteiger partial charge in [0.05, 0.1) is 35.3 Å². The number of rotatable bonds is 5. The molecule has 0 saturated carbocycles. The molecule has 1 amide bonds. The van der Waals surface area contributed by atoms with Crippen LogP contribution in [0.1, 0.15) is 56.2 Å². The van der Waals surface area contributed by atoms with E-state index in [2.05, 4.69) is 10.5 Å². The van der Waals surface area contributed by atoms with Crippen LogP contribution in [-0.2, 0) is 17.3 Å². The zero-order valence-corrected chi connectivity index (χ0v) is 19.9. The van der Waals surface area contributed by atoms with E-state index in [0.29, 0.717) is 47.5 Å². The Morgan fingerprint density at radius 3 is 2.58 bits per heavy atom. The molecule has 1 heterocycles. The maximum atomic E-state index is 13.4. The van der Waals surface area contributed by atoms with Crippen molar-refractivity contribution in [3.8, 4) is 0 Å². The largest absolute Gasteiger partial charge is 0.465 e. The molecule has 0 radical (unpaired) electrons. The number of hydrazone groups is 1. The fourth-order valence-electron chi connectivity index (χ4n) is 4.19. The molecule has 4 rings (SSSR count). The van der Waals surface area contributed by atoms with Crippen molar-refractivity contribution in [1.29, 1.82) is 0 Å². The van der Waals surface area contributed by atoms with Gasteiger partial charge in [0.15, 0.2) is 5.76 Å². The molecule has 0 atom stereocenters. The van der Waals surface area contributed by atoms with Crippen LogP contribution in [0.2, 0.25) is 0 Å². The lowest BCUT2D eigenvalue weighted by molar-refractivity contribution is -0.137. The number of benzene rings is 2. The normalized spacial score (nSPS) is 14.3. The number of para-hydroxylation sites is 1. The van der Waals surface area contributed by atoms with E-state index in [1.807, 2.05) is 0 Å². The van der Waals surface area contributed by atoms with Crippen molar-refractivity contribution in [1.82, 2.24) is 0 Å². The van der Waals surface area contributed by atoms with Crippen LogP contribution in [0, 0.1) is 6.92 Å². The lowest BCUT2D eigenvalue weighted by Crippen LogP contribution is -2.28. The molecular formula is C26H24F3N3O4. The van der Waals surface area contributed by atoms with E-state index in [1.165, 1.54) is 31.2 Å². The average molecular weight is 499 g/mol. The standard InChI is InChI=1S/C26H24F3N3O4/c1-15-22-19(31-30-17-9-6-8-16(14-17)26(27,28)29)11-7-13-21(22)36-23(15)24(33)32(2)20-12-5-4-10-18(20)25(34)35-3/h4-6,8-10,12,14,30H,7,11,13H2,1-3H3/b31-19+. The lowest BCUT2D eigenvalue weighted by Gasteiger charge is -2.19. The molecule has 3 aromatic rings. The molecule has 7 nitrogen and oxygen atoms in total. The number of ether oxygens (including phenoxy) is 1. The predicted octanol–water partition coefficient (Wildman–Crippen LogP) is 5.82. The molecule has 0 aliphatic heterocycles. The predicted molar refractivity (Wildman–Crippen MR) is 129 cm³/mol. The maximum Gasteiger partial charge on any atom is 0.416 e. The number of amides is 1. The number of nitrogens with one attached hydrogen (secondary N) is 1. The van der Waals surface area contributed by atoms with E-state index in [9.17, 15) is 22.8 Å². The third kappa shape index (κ3) is 4.84. The average Bonchev–Trinajstić information content (AvgIpc) is 3.22. The molecule has 1 aliphatic carbocycles. The van der Waals surface area contributed by atoms with Gasteiger partial charge in [0.2, 0.25) is 0 Å². The highest BCUT2D eigenvalue weighted by molar-refractivity contribution is 6.11. The van der Waals surface area contributed by atoms with Gasteiger partial charge in [0, 0.05) is 24.6 Å². The minimum Gasteiger partial charge on any atom is -0.465 e. The highest BCUT2D eigenvalue weighted by Crippen LogP contribution is 2.33.